The zero-order valence-corrected chi connectivity index (χ0v) is 13.9. The van der Waals surface area contributed by atoms with Gasteiger partial charge in [0.2, 0.25) is 6.79 Å². The Labute approximate surface area is 147 Å². The van der Waals surface area contributed by atoms with Crippen LogP contribution < -0.4 is 15.0 Å². The summed E-state index contributed by atoms with van der Waals surface area (Å²) in [5, 5.41) is 3.09. The Balaban J connectivity index is 1.76. The van der Waals surface area contributed by atoms with Crippen LogP contribution in [0.1, 0.15) is 5.69 Å². The van der Waals surface area contributed by atoms with Crippen LogP contribution in [0.3, 0.4) is 0 Å². The van der Waals surface area contributed by atoms with E-state index in [1.54, 1.807) is 12.4 Å². The van der Waals surface area contributed by atoms with Gasteiger partial charge in [0.05, 0.1) is 5.69 Å². The van der Waals surface area contributed by atoms with Gasteiger partial charge in [-0.15, -0.1) is 0 Å². The molecule has 5 rings (SSSR count). The summed E-state index contributed by atoms with van der Waals surface area (Å²) in [5.74, 6) is 1.40. The van der Waals surface area contributed by atoms with Crippen LogP contribution >= 0.6 is 0 Å². The Bertz CT molecular complexity index is 1190. The number of H-pyrrole nitrogens is 1. The summed E-state index contributed by atoms with van der Waals surface area (Å²) in [4.78, 5) is 21.4. The van der Waals surface area contributed by atoms with Crippen LogP contribution in [0.25, 0.3) is 28.0 Å². The lowest BCUT2D eigenvalue weighted by molar-refractivity contribution is 0.174. The molecule has 0 aliphatic carbocycles. The number of hydrogen-bond donors (Lipinski definition) is 1. The molecule has 0 saturated heterocycles. The molecule has 0 unspecified atom stereocenters. The van der Waals surface area contributed by atoms with Crippen LogP contribution in [0.5, 0.6) is 11.5 Å². The second-order valence-electron chi connectivity index (χ2n) is 6.06. The first-order valence-corrected chi connectivity index (χ1v) is 8.13. The smallest absolute Gasteiger partial charge is 0.273 e. The molecule has 1 aliphatic rings. The lowest BCUT2D eigenvalue weighted by atomic mass is 10.1. The largest absolute Gasteiger partial charge is 0.454 e. The normalized spacial score (nSPS) is 12.7. The van der Waals surface area contributed by atoms with Crippen molar-refractivity contribution in [3.63, 3.8) is 0 Å². The van der Waals surface area contributed by atoms with Crippen molar-refractivity contribution in [3.8, 4) is 33.9 Å². The van der Waals surface area contributed by atoms with Crippen molar-refractivity contribution in [3.05, 3.63) is 64.8 Å². The number of nitrogens with zero attached hydrogens (tertiary/aromatic N) is 3. The Morgan fingerprint density at radius 3 is 2.85 bits per heavy atom. The zero-order chi connectivity index (χ0) is 17.7. The molecule has 1 N–H and O–H groups in total. The molecule has 4 heterocycles. The fourth-order valence-electron chi connectivity index (χ4n) is 3.21. The van der Waals surface area contributed by atoms with E-state index in [2.05, 4.69) is 10.1 Å². The Hall–Kier alpha value is -3.61. The Kier molecular flexibility index (Phi) is 3.08. The van der Waals surface area contributed by atoms with Gasteiger partial charge in [-0.05, 0) is 36.8 Å². The fourth-order valence-corrected chi connectivity index (χ4v) is 3.21. The van der Waals surface area contributed by atoms with Crippen LogP contribution in [0.15, 0.2) is 53.6 Å². The van der Waals surface area contributed by atoms with E-state index in [1.165, 1.54) is 10.6 Å². The van der Waals surface area contributed by atoms with E-state index in [4.69, 9.17) is 14.5 Å². The highest BCUT2D eigenvalue weighted by Gasteiger charge is 2.19. The van der Waals surface area contributed by atoms with Crippen LogP contribution in [0.2, 0.25) is 0 Å². The van der Waals surface area contributed by atoms with Crippen molar-refractivity contribution in [1.29, 1.82) is 0 Å². The standard InChI is InChI=1S/C19H14N4O3/c1-11-18(12-4-5-15-16(7-12)26-10-25-15)19-21-14(8-17(24)23(19)22-11)13-3-2-6-20-9-13/h2-9,22H,10H2,1H3. The maximum atomic E-state index is 12.6. The molecule has 3 aromatic heterocycles. The number of hydrogen-bond acceptors (Lipinski definition) is 5. The van der Waals surface area contributed by atoms with Gasteiger partial charge in [-0.3, -0.25) is 14.9 Å². The number of nitrogens with one attached hydrogen (secondary N) is 1. The van der Waals surface area contributed by atoms with Crippen molar-refractivity contribution in [2.75, 3.05) is 6.79 Å². The Morgan fingerprint density at radius 1 is 1.12 bits per heavy atom. The van der Waals surface area contributed by atoms with Gasteiger partial charge in [0.1, 0.15) is 0 Å². The summed E-state index contributed by atoms with van der Waals surface area (Å²) in [7, 11) is 0. The van der Waals surface area contributed by atoms with Crippen LogP contribution in [0, 0.1) is 6.92 Å². The van der Waals surface area contributed by atoms with E-state index in [0.717, 1.165) is 22.4 Å². The molecule has 0 saturated carbocycles. The summed E-state index contributed by atoms with van der Waals surface area (Å²) in [5.41, 5.74) is 4.37. The van der Waals surface area contributed by atoms with Crippen LogP contribution in [-0.4, -0.2) is 26.4 Å². The predicted octanol–water partition coefficient (Wildman–Crippen LogP) is 2.79. The van der Waals surface area contributed by atoms with Gasteiger partial charge in [-0.25, -0.2) is 9.50 Å². The van der Waals surface area contributed by atoms with Gasteiger partial charge in [0.15, 0.2) is 17.1 Å². The fraction of sp³-hybridized carbons (Fsp3) is 0.105. The quantitative estimate of drug-likeness (QED) is 0.603. The summed E-state index contributed by atoms with van der Waals surface area (Å²) in [6.07, 6.45) is 3.38. The van der Waals surface area contributed by atoms with E-state index < -0.39 is 0 Å². The average Bonchev–Trinajstić information content (AvgIpc) is 3.25. The summed E-state index contributed by atoms with van der Waals surface area (Å²) in [6.45, 7) is 2.13. The molecule has 128 valence electrons. The van der Waals surface area contributed by atoms with Gasteiger partial charge in [-0.1, -0.05) is 6.07 Å². The number of aryl methyl sites for hydroxylation is 1. The third-order valence-corrected chi connectivity index (χ3v) is 4.42. The minimum Gasteiger partial charge on any atom is -0.454 e. The number of aromatic nitrogens is 4. The molecule has 7 nitrogen and oxygen atoms in total. The summed E-state index contributed by atoms with van der Waals surface area (Å²) >= 11 is 0. The second kappa shape index (κ2) is 5.45. The lowest BCUT2D eigenvalue weighted by Gasteiger charge is -2.04. The topological polar surface area (TPSA) is 81.5 Å². The number of aromatic amines is 1. The predicted molar refractivity (Wildman–Crippen MR) is 95.3 cm³/mol. The molecule has 4 aromatic rings. The number of ether oxygens (including phenoxy) is 2. The third kappa shape index (κ3) is 2.17. The first-order chi connectivity index (χ1) is 12.7. The lowest BCUT2D eigenvalue weighted by Crippen LogP contribution is -2.14. The minimum absolute atomic E-state index is 0.177. The molecule has 0 atom stereocenters. The third-order valence-electron chi connectivity index (χ3n) is 4.42. The van der Waals surface area contributed by atoms with Crippen LogP contribution in [-0.2, 0) is 0 Å². The molecule has 0 amide bonds. The van der Waals surface area contributed by atoms with E-state index in [0.29, 0.717) is 22.8 Å². The molecule has 7 heteroatoms. The van der Waals surface area contributed by atoms with E-state index in [-0.39, 0.29) is 12.4 Å². The summed E-state index contributed by atoms with van der Waals surface area (Å²) in [6, 6.07) is 10.9. The maximum absolute atomic E-state index is 12.6. The summed E-state index contributed by atoms with van der Waals surface area (Å²) < 4.78 is 12.3. The van der Waals surface area contributed by atoms with Crippen LogP contribution in [0.4, 0.5) is 0 Å². The number of benzene rings is 1. The number of pyridine rings is 1. The monoisotopic (exact) mass is 346 g/mol. The molecule has 1 aromatic carbocycles. The molecule has 0 radical (unpaired) electrons. The highest BCUT2D eigenvalue weighted by molar-refractivity contribution is 5.82. The van der Waals surface area contributed by atoms with Crippen molar-refractivity contribution >= 4 is 5.65 Å². The maximum Gasteiger partial charge on any atom is 0.273 e. The molecule has 0 spiro atoms. The first kappa shape index (κ1) is 14.7. The van der Waals surface area contributed by atoms with Gasteiger partial charge in [-0.2, -0.15) is 0 Å². The van der Waals surface area contributed by atoms with Crippen molar-refractivity contribution < 1.29 is 9.47 Å². The van der Waals surface area contributed by atoms with Crippen molar-refractivity contribution in [2.45, 2.75) is 6.92 Å². The molecule has 0 bridgehead atoms. The SMILES string of the molecule is Cc1[nH]n2c(=O)cc(-c3cccnc3)nc2c1-c1ccc2c(c1)OCO2. The van der Waals surface area contributed by atoms with Crippen molar-refractivity contribution in [2.24, 2.45) is 0 Å². The first-order valence-electron chi connectivity index (χ1n) is 8.13. The Morgan fingerprint density at radius 2 is 2.00 bits per heavy atom. The zero-order valence-electron chi connectivity index (χ0n) is 13.9. The highest BCUT2D eigenvalue weighted by Crippen LogP contribution is 2.37. The van der Waals surface area contributed by atoms with Gasteiger partial charge >= 0.3 is 0 Å². The molecular weight excluding hydrogens is 332 g/mol. The minimum atomic E-state index is -0.177. The van der Waals surface area contributed by atoms with Gasteiger partial charge in [0, 0.05) is 35.3 Å². The van der Waals surface area contributed by atoms with E-state index in [1.807, 2.05) is 37.3 Å². The van der Waals surface area contributed by atoms with E-state index in [9.17, 15) is 4.79 Å². The number of rotatable bonds is 2. The van der Waals surface area contributed by atoms with Gasteiger partial charge in [0.25, 0.3) is 5.56 Å². The van der Waals surface area contributed by atoms with E-state index >= 15 is 0 Å². The molecule has 1 aliphatic heterocycles. The number of fused-ring (bicyclic) bond motifs is 2. The van der Waals surface area contributed by atoms with Gasteiger partial charge < -0.3 is 9.47 Å². The van der Waals surface area contributed by atoms with Crippen molar-refractivity contribution in [1.82, 2.24) is 19.6 Å². The average molecular weight is 346 g/mol. The molecule has 26 heavy (non-hydrogen) atoms. The second-order valence-corrected chi connectivity index (χ2v) is 6.06. The highest BCUT2D eigenvalue weighted by atomic mass is 16.7. The molecular formula is C19H14N4O3. The molecule has 0 fully saturated rings.